The van der Waals surface area contributed by atoms with E-state index < -0.39 is 0 Å². The molecule has 1 fully saturated rings. The molecule has 0 saturated carbocycles. The first-order chi connectivity index (χ1) is 8.74. The Kier molecular flexibility index (Phi) is 4.69. The van der Waals surface area contributed by atoms with Gasteiger partial charge < -0.3 is 10.5 Å². The molecule has 2 N–H and O–H groups in total. The lowest BCUT2D eigenvalue weighted by molar-refractivity contribution is 0.147. The van der Waals surface area contributed by atoms with Gasteiger partial charge in [-0.15, -0.1) is 0 Å². The highest BCUT2D eigenvalue weighted by Gasteiger charge is 2.28. The molecule has 0 spiro atoms. The van der Waals surface area contributed by atoms with Gasteiger partial charge >= 0.3 is 0 Å². The Morgan fingerprint density at radius 3 is 3.00 bits per heavy atom. The third kappa shape index (κ3) is 3.07. The quantitative estimate of drug-likeness (QED) is 0.856. The van der Waals surface area contributed by atoms with Crippen molar-refractivity contribution < 1.29 is 4.74 Å². The van der Waals surface area contributed by atoms with E-state index in [1.165, 1.54) is 12.0 Å². The van der Waals surface area contributed by atoms with Gasteiger partial charge in [-0.05, 0) is 37.4 Å². The smallest absolute Gasteiger partial charge is 0.0503 e. The summed E-state index contributed by atoms with van der Waals surface area (Å²) >= 11 is 0. The monoisotopic (exact) mass is 249 g/mol. The van der Waals surface area contributed by atoms with Gasteiger partial charge in [0.25, 0.3) is 0 Å². The van der Waals surface area contributed by atoms with E-state index in [0.717, 1.165) is 25.4 Å². The van der Waals surface area contributed by atoms with Crippen LogP contribution < -0.4 is 5.73 Å². The van der Waals surface area contributed by atoms with Crippen LogP contribution in [-0.4, -0.2) is 43.2 Å². The van der Waals surface area contributed by atoms with Crippen molar-refractivity contribution in [2.24, 2.45) is 11.7 Å². The number of aryl methyl sites for hydroxylation is 1. The van der Waals surface area contributed by atoms with E-state index in [9.17, 15) is 0 Å². The van der Waals surface area contributed by atoms with E-state index >= 15 is 0 Å². The first-order valence-electron chi connectivity index (χ1n) is 6.60. The molecule has 0 bridgehead atoms. The number of ether oxygens (including phenoxy) is 1. The van der Waals surface area contributed by atoms with Crippen molar-refractivity contribution in [1.29, 1.82) is 0 Å². The first kappa shape index (κ1) is 13.5. The van der Waals surface area contributed by atoms with Crippen molar-refractivity contribution in [2.45, 2.75) is 19.4 Å². The van der Waals surface area contributed by atoms with Crippen molar-refractivity contribution in [1.82, 2.24) is 9.88 Å². The molecule has 1 aromatic rings. The van der Waals surface area contributed by atoms with E-state index in [2.05, 4.69) is 22.0 Å². The second-order valence-corrected chi connectivity index (χ2v) is 5.09. The van der Waals surface area contributed by atoms with E-state index in [1.54, 1.807) is 7.11 Å². The van der Waals surface area contributed by atoms with E-state index in [0.29, 0.717) is 18.5 Å². The topological polar surface area (TPSA) is 51.4 Å². The molecular weight excluding hydrogens is 226 g/mol. The number of aromatic nitrogens is 1. The summed E-state index contributed by atoms with van der Waals surface area (Å²) in [6.07, 6.45) is 3.15. The van der Waals surface area contributed by atoms with Crippen LogP contribution in [0.25, 0.3) is 0 Å². The van der Waals surface area contributed by atoms with Gasteiger partial charge in [-0.2, -0.15) is 0 Å². The molecule has 2 unspecified atom stereocenters. The molecular formula is C14H23N3O. The van der Waals surface area contributed by atoms with Crippen LogP contribution >= 0.6 is 0 Å². The molecule has 0 amide bonds. The Balaban J connectivity index is 2.03. The molecule has 1 aromatic heterocycles. The molecule has 2 rings (SSSR count). The lowest BCUT2D eigenvalue weighted by atomic mass is 10.1. The highest BCUT2D eigenvalue weighted by atomic mass is 16.5. The summed E-state index contributed by atoms with van der Waals surface area (Å²) in [4.78, 5) is 6.82. The molecule has 0 aromatic carbocycles. The van der Waals surface area contributed by atoms with E-state index in [4.69, 9.17) is 10.5 Å². The lowest BCUT2D eigenvalue weighted by Gasteiger charge is -2.27. The van der Waals surface area contributed by atoms with Crippen LogP contribution in [0.3, 0.4) is 0 Å². The Morgan fingerprint density at radius 2 is 2.39 bits per heavy atom. The van der Waals surface area contributed by atoms with Crippen molar-refractivity contribution in [3.63, 3.8) is 0 Å². The number of nitrogens with zero attached hydrogens (tertiary/aromatic N) is 2. The van der Waals surface area contributed by atoms with Gasteiger partial charge in [0.2, 0.25) is 0 Å². The first-order valence-corrected chi connectivity index (χ1v) is 6.60. The van der Waals surface area contributed by atoms with Gasteiger partial charge in [-0.1, -0.05) is 6.07 Å². The molecule has 18 heavy (non-hydrogen) atoms. The Bertz CT molecular complexity index is 366. The maximum Gasteiger partial charge on any atom is 0.0503 e. The molecule has 2 heterocycles. The maximum absolute atomic E-state index is 5.94. The Labute approximate surface area is 109 Å². The summed E-state index contributed by atoms with van der Waals surface area (Å²) in [5, 5.41) is 0. The van der Waals surface area contributed by atoms with E-state index in [1.807, 2.05) is 13.1 Å². The molecule has 2 atom stereocenters. The molecule has 1 aliphatic rings. The Morgan fingerprint density at radius 1 is 1.56 bits per heavy atom. The van der Waals surface area contributed by atoms with Crippen LogP contribution in [0.2, 0.25) is 0 Å². The molecule has 100 valence electrons. The minimum atomic E-state index is 0.292. The van der Waals surface area contributed by atoms with Gasteiger partial charge in [0.1, 0.15) is 0 Å². The number of likely N-dealkylation sites (tertiary alicyclic amines) is 1. The minimum Gasteiger partial charge on any atom is -0.384 e. The fourth-order valence-corrected chi connectivity index (χ4v) is 2.69. The second kappa shape index (κ2) is 6.27. The normalized spacial score (nSPS) is 22.3. The molecule has 1 saturated heterocycles. The SMILES string of the molecule is COCC1CCN(C(CN)c2ccc(C)nc2)C1. The Hall–Kier alpha value is -0.970. The van der Waals surface area contributed by atoms with Gasteiger partial charge in [0, 0.05) is 38.1 Å². The number of hydrogen-bond donors (Lipinski definition) is 1. The maximum atomic E-state index is 5.94. The van der Waals surface area contributed by atoms with Crippen molar-refractivity contribution in [2.75, 3.05) is 33.4 Å². The van der Waals surface area contributed by atoms with Gasteiger partial charge in [0.15, 0.2) is 0 Å². The molecule has 4 heteroatoms. The summed E-state index contributed by atoms with van der Waals surface area (Å²) in [6.45, 7) is 5.67. The van der Waals surface area contributed by atoms with Crippen LogP contribution in [0.1, 0.15) is 23.7 Å². The van der Waals surface area contributed by atoms with Gasteiger partial charge in [-0.3, -0.25) is 9.88 Å². The summed E-state index contributed by atoms with van der Waals surface area (Å²) in [5.41, 5.74) is 8.21. The number of nitrogens with two attached hydrogens (primary N) is 1. The highest BCUT2D eigenvalue weighted by molar-refractivity contribution is 5.18. The van der Waals surface area contributed by atoms with Crippen LogP contribution in [0.15, 0.2) is 18.3 Å². The standard InChI is InChI=1S/C14H23N3O/c1-11-3-4-13(8-16-11)14(7-15)17-6-5-12(9-17)10-18-2/h3-4,8,12,14H,5-7,9-10,15H2,1-2H3. The summed E-state index contributed by atoms with van der Waals surface area (Å²) in [6, 6.07) is 4.49. The van der Waals surface area contributed by atoms with Gasteiger partial charge in [-0.25, -0.2) is 0 Å². The van der Waals surface area contributed by atoms with Crippen LogP contribution in [0.5, 0.6) is 0 Å². The third-order valence-corrected chi connectivity index (χ3v) is 3.70. The molecule has 4 nitrogen and oxygen atoms in total. The van der Waals surface area contributed by atoms with Crippen molar-refractivity contribution >= 4 is 0 Å². The minimum absolute atomic E-state index is 0.292. The molecule has 0 aliphatic carbocycles. The summed E-state index contributed by atoms with van der Waals surface area (Å²) < 4.78 is 5.24. The highest BCUT2D eigenvalue weighted by Crippen LogP contribution is 2.26. The number of rotatable bonds is 5. The van der Waals surface area contributed by atoms with Crippen LogP contribution in [0, 0.1) is 12.8 Å². The van der Waals surface area contributed by atoms with Crippen molar-refractivity contribution in [3.05, 3.63) is 29.6 Å². The van der Waals surface area contributed by atoms with Crippen LogP contribution in [0.4, 0.5) is 0 Å². The number of hydrogen-bond acceptors (Lipinski definition) is 4. The number of methoxy groups -OCH3 is 1. The second-order valence-electron chi connectivity index (χ2n) is 5.09. The van der Waals surface area contributed by atoms with Crippen LogP contribution in [-0.2, 0) is 4.74 Å². The zero-order chi connectivity index (χ0) is 13.0. The molecule has 1 aliphatic heterocycles. The predicted octanol–water partition coefficient (Wildman–Crippen LogP) is 1.36. The van der Waals surface area contributed by atoms with E-state index in [-0.39, 0.29) is 0 Å². The fourth-order valence-electron chi connectivity index (χ4n) is 2.69. The molecule has 0 radical (unpaired) electrons. The average Bonchev–Trinajstić information content (AvgIpc) is 2.82. The largest absolute Gasteiger partial charge is 0.384 e. The lowest BCUT2D eigenvalue weighted by Crippen LogP contribution is -2.32. The average molecular weight is 249 g/mol. The third-order valence-electron chi connectivity index (χ3n) is 3.70. The number of pyridine rings is 1. The summed E-state index contributed by atoms with van der Waals surface area (Å²) in [7, 11) is 1.77. The van der Waals surface area contributed by atoms with Crippen molar-refractivity contribution in [3.8, 4) is 0 Å². The summed E-state index contributed by atoms with van der Waals surface area (Å²) in [5.74, 6) is 0.641. The predicted molar refractivity (Wildman–Crippen MR) is 72.3 cm³/mol. The van der Waals surface area contributed by atoms with Gasteiger partial charge in [0.05, 0.1) is 6.61 Å². The zero-order valence-electron chi connectivity index (χ0n) is 11.3. The fraction of sp³-hybridized carbons (Fsp3) is 0.643. The zero-order valence-corrected chi connectivity index (χ0v) is 11.3.